The van der Waals surface area contributed by atoms with Crippen molar-refractivity contribution in [2.45, 2.75) is 46.0 Å². The van der Waals surface area contributed by atoms with Crippen molar-refractivity contribution in [3.63, 3.8) is 0 Å². The highest BCUT2D eigenvalue weighted by molar-refractivity contribution is 6.24. The van der Waals surface area contributed by atoms with E-state index in [-0.39, 0.29) is 70.9 Å². The number of carbonyl (C=O) groups is 8. The number of fused-ring (bicyclic) bond motifs is 2. The zero-order chi connectivity index (χ0) is 62.7. The van der Waals surface area contributed by atoms with Crippen LogP contribution in [-0.4, -0.2) is 71.2 Å². The van der Waals surface area contributed by atoms with Crippen molar-refractivity contribution in [2.24, 2.45) is 71.0 Å². The molecule has 10 aliphatic rings. The third-order valence-electron chi connectivity index (χ3n) is 21.2. The second-order valence-corrected chi connectivity index (χ2v) is 26.1. The first-order chi connectivity index (χ1) is 44.1. The van der Waals surface area contributed by atoms with Crippen molar-refractivity contribution in [1.29, 1.82) is 0 Å². The maximum Gasteiger partial charge on any atom is 0.237 e. The van der Waals surface area contributed by atoms with Crippen LogP contribution in [0.1, 0.15) is 47.9 Å². The van der Waals surface area contributed by atoms with Crippen molar-refractivity contribution in [2.75, 3.05) is 23.9 Å². The van der Waals surface area contributed by atoms with Gasteiger partial charge in [0.25, 0.3) is 0 Å². The largest absolute Gasteiger partial charge is 0.457 e. The van der Waals surface area contributed by atoms with Crippen molar-refractivity contribution in [3.8, 4) is 56.4 Å². The lowest BCUT2D eigenvalue weighted by Crippen LogP contribution is -2.53. The smallest absolute Gasteiger partial charge is 0.237 e. The number of rotatable bonds is 11. The SMILES string of the molecule is Cc1ccc(-c2ccc(Cc3ccc(-c4ccc(N5C(=O)C6C7CCC(C8C(=O)N(C)C(=O)C78)C6C5=O)cc4)cc3)cc2)cc1.Cc1ccc(Oc2ccc(-c3ccc(Oc4ccc(N5C(=O)C6C7CCC(C8C(=O)N(C)C(=O)C78)C6C5=O)cc4)cc3)cc2)cc1. The van der Waals surface area contributed by atoms with Crippen molar-refractivity contribution in [3.05, 3.63) is 216 Å². The number of ether oxygens (including phenoxy) is 2. The Morgan fingerprint density at radius 3 is 0.791 bits per heavy atom. The molecule has 4 saturated heterocycles. The van der Waals surface area contributed by atoms with Gasteiger partial charge in [-0.25, -0.2) is 0 Å². The highest BCUT2D eigenvalue weighted by Crippen LogP contribution is 2.62. The number of aryl methyl sites for hydroxylation is 2. The molecular formula is C77H66N4O10. The molecule has 10 fully saturated rings. The number of carbonyl (C=O) groups excluding carboxylic acids is 8. The zero-order valence-corrected chi connectivity index (χ0v) is 50.8. The number of amides is 8. The van der Waals surface area contributed by atoms with Crippen LogP contribution in [0.4, 0.5) is 11.4 Å². The van der Waals surface area contributed by atoms with Crippen LogP contribution in [0, 0.1) is 84.9 Å². The highest BCUT2D eigenvalue weighted by Gasteiger charge is 2.71. The third kappa shape index (κ3) is 9.68. The number of hydrogen-bond acceptors (Lipinski definition) is 10. The fourth-order valence-electron chi connectivity index (χ4n) is 16.7. The molecule has 6 aliphatic carbocycles. The van der Waals surface area contributed by atoms with Gasteiger partial charge in [-0.15, -0.1) is 0 Å². The molecule has 0 N–H and O–H groups in total. The summed E-state index contributed by atoms with van der Waals surface area (Å²) >= 11 is 0. The van der Waals surface area contributed by atoms with Crippen LogP contribution >= 0.6 is 0 Å². The van der Waals surface area contributed by atoms with E-state index in [1.54, 1.807) is 24.3 Å². The van der Waals surface area contributed by atoms with Crippen LogP contribution in [0.2, 0.25) is 0 Å². The predicted molar refractivity (Wildman–Crippen MR) is 342 cm³/mol. The Kier molecular flexibility index (Phi) is 14.1. The third-order valence-corrected chi connectivity index (χ3v) is 21.2. The summed E-state index contributed by atoms with van der Waals surface area (Å²) in [4.78, 5) is 111. The van der Waals surface area contributed by atoms with Gasteiger partial charge in [0.1, 0.15) is 23.0 Å². The molecule has 12 atom stereocenters. The molecule has 14 nitrogen and oxygen atoms in total. The number of hydrogen-bond donors (Lipinski definition) is 0. The van der Waals surface area contributed by atoms with Crippen LogP contribution in [0.15, 0.2) is 194 Å². The molecule has 18 rings (SSSR count). The summed E-state index contributed by atoms with van der Waals surface area (Å²) in [7, 11) is 3.03. The van der Waals surface area contributed by atoms with Crippen LogP contribution in [0.3, 0.4) is 0 Å². The van der Waals surface area contributed by atoms with E-state index in [2.05, 4.69) is 79.7 Å². The lowest BCUT2D eigenvalue weighted by atomic mass is 9.51. The summed E-state index contributed by atoms with van der Waals surface area (Å²) in [5, 5.41) is 0. The Morgan fingerprint density at radius 1 is 0.286 bits per heavy atom. The Morgan fingerprint density at radius 2 is 0.495 bits per heavy atom. The molecular weight excluding hydrogens is 1140 g/mol. The summed E-state index contributed by atoms with van der Waals surface area (Å²) in [6, 6.07) is 63.9. The number of likely N-dealkylation sites (tertiary alicyclic amines) is 2. The molecule has 14 heteroatoms. The quantitative estimate of drug-likeness (QED) is 0.114. The average Bonchev–Trinajstić information content (AvgIpc) is 1.56. The molecule has 91 heavy (non-hydrogen) atoms. The molecule has 0 aromatic heterocycles. The first-order valence-electron chi connectivity index (χ1n) is 31.6. The van der Waals surface area contributed by atoms with Crippen LogP contribution < -0.4 is 19.3 Å². The highest BCUT2D eigenvalue weighted by atomic mass is 16.5. The summed E-state index contributed by atoms with van der Waals surface area (Å²) in [6.45, 7) is 4.14. The molecule has 12 unspecified atom stereocenters. The van der Waals surface area contributed by atoms with Gasteiger partial charge in [-0.2, -0.15) is 0 Å². The average molecular weight is 1210 g/mol. The maximum atomic E-state index is 13.7. The lowest BCUT2D eigenvalue weighted by molar-refractivity contribution is -0.148. The Balaban J connectivity index is 0.000000151. The van der Waals surface area contributed by atoms with E-state index in [0.29, 0.717) is 48.6 Å². The maximum absolute atomic E-state index is 13.7. The van der Waals surface area contributed by atoms with E-state index < -0.39 is 47.3 Å². The zero-order valence-electron chi connectivity index (χ0n) is 50.8. The molecule has 0 radical (unpaired) electrons. The minimum Gasteiger partial charge on any atom is -0.457 e. The van der Waals surface area contributed by atoms with E-state index >= 15 is 0 Å². The first-order valence-corrected chi connectivity index (χ1v) is 31.6. The van der Waals surface area contributed by atoms with Crippen molar-refractivity contribution >= 4 is 58.6 Å². The van der Waals surface area contributed by atoms with E-state index in [1.807, 2.05) is 104 Å². The number of imide groups is 4. The summed E-state index contributed by atoms with van der Waals surface area (Å²) < 4.78 is 12.0. The summed E-state index contributed by atoms with van der Waals surface area (Å²) in [6.07, 6.45) is 3.63. The van der Waals surface area contributed by atoms with Gasteiger partial charge in [0.05, 0.1) is 58.7 Å². The second-order valence-electron chi connectivity index (χ2n) is 26.1. The summed E-state index contributed by atoms with van der Waals surface area (Å²) in [5.74, 6) is -4.15. The number of anilines is 2. The number of benzene rings is 8. The van der Waals surface area contributed by atoms with Crippen LogP contribution in [0.25, 0.3) is 33.4 Å². The van der Waals surface area contributed by atoms with Gasteiger partial charge < -0.3 is 9.47 Å². The molecule has 8 aromatic rings. The Hall–Kier alpha value is -10.1. The van der Waals surface area contributed by atoms with Crippen molar-refractivity contribution < 1.29 is 47.8 Å². The molecule has 0 spiro atoms. The number of nitrogens with zero attached hydrogens (tertiary/aromatic N) is 4. The second kappa shape index (κ2) is 22.4. The minimum atomic E-state index is -0.554. The predicted octanol–water partition coefficient (Wildman–Crippen LogP) is 12.9. The summed E-state index contributed by atoms with van der Waals surface area (Å²) in [5.41, 5.74) is 12.5. The van der Waals surface area contributed by atoms with E-state index in [4.69, 9.17) is 9.47 Å². The van der Waals surface area contributed by atoms with Gasteiger partial charge >= 0.3 is 0 Å². The monoisotopic (exact) mass is 1210 g/mol. The van der Waals surface area contributed by atoms with Gasteiger partial charge in [-0.3, -0.25) is 58.0 Å². The van der Waals surface area contributed by atoms with Gasteiger partial charge in [-0.1, -0.05) is 132 Å². The lowest BCUT2D eigenvalue weighted by Gasteiger charge is -2.48. The first kappa shape index (κ1) is 57.4. The van der Waals surface area contributed by atoms with Gasteiger partial charge in [0.2, 0.25) is 47.3 Å². The van der Waals surface area contributed by atoms with Crippen LogP contribution in [-0.2, 0) is 44.8 Å². The van der Waals surface area contributed by atoms with E-state index in [0.717, 1.165) is 40.2 Å². The normalized spacial score (nSPS) is 26.6. The molecule has 8 amide bonds. The van der Waals surface area contributed by atoms with E-state index in [1.165, 1.54) is 67.1 Å². The molecule has 4 heterocycles. The molecule has 6 saturated carbocycles. The van der Waals surface area contributed by atoms with Gasteiger partial charge in [0.15, 0.2) is 0 Å². The van der Waals surface area contributed by atoms with Crippen molar-refractivity contribution in [1.82, 2.24) is 9.80 Å². The Labute approximate surface area is 527 Å². The molecule has 4 bridgehead atoms. The van der Waals surface area contributed by atoms with Gasteiger partial charge in [-0.05, 0) is 187 Å². The molecule has 454 valence electrons. The Bertz CT molecular complexity index is 4170. The standard InChI is InChI=1S/C39H34N2O4.C38H32N2O6/c1-22-3-9-25(10-4-22)26-11-5-23(6-12-26)21-24-7-13-27(14-8-24)28-15-17-29(18-16-28)41-38(44)34-30-19-20-31(35(34)39(41)45)33-32(30)36(42)40(2)37(33)43;1-21-3-11-25(12-4-21)45-26-13-5-22(6-14-26)23-7-15-27(16-8-23)46-28-17-9-24(10-18-28)40-37(43)33-29-19-20-30(34(33)38(40)44)32-31(29)35(41)39(2)36(32)42/h3-18,30-35H,19-21H2,1-2H3;3-18,29-34H,19-20H2,1-2H3. The topological polar surface area (TPSA) is 168 Å². The fraction of sp³-hybridized carbons (Fsp3) is 0.273. The van der Waals surface area contributed by atoms with Gasteiger partial charge in [0, 0.05) is 14.1 Å². The van der Waals surface area contributed by atoms with Crippen LogP contribution in [0.5, 0.6) is 23.0 Å². The fourth-order valence-corrected chi connectivity index (χ4v) is 16.7. The molecule has 4 aliphatic heterocycles. The molecule has 8 aromatic carbocycles. The minimum absolute atomic E-state index is 0.191. The van der Waals surface area contributed by atoms with E-state index in [9.17, 15) is 38.4 Å².